The van der Waals surface area contributed by atoms with Gasteiger partial charge < -0.3 is 5.32 Å². The van der Waals surface area contributed by atoms with Gasteiger partial charge in [-0.05, 0) is 25.8 Å². The van der Waals surface area contributed by atoms with Crippen LogP contribution >= 0.6 is 11.3 Å². The first-order chi connectivity index (χ1) is 15.0. The maximum absolute atomic E-state index is 12.8. The van der Waals surface area contributed by atoms with Crippen molar-refractivity contribution in [2.24, 2.45) is 0 Å². The monoisotopic (exact) mass is 434 g/mol. The first-order valence-corrected chi connectivity index (χ1v) is 10.6. The molecule has 3 heterocycles. The van der Waals surface area contributed by atoms with Crippen molar-refractivity contribution in [3.8, 4) is 11.3 Å². The van der Waals surface area contributed by atoms with E-state index < -0.39 is 4.92 Å². The summed E-state index contributed by atoms with van der Waals surface area (Å²) in [5, 5.41) is 14.0. The van der Waals surface area contributed by atoms with Crippen molar-refractivity contribution in [2.75, 3.05) is 0 Å². The highest BCUT2D eigenvalue weighted by atomic mass is 32.1. The Balaban J connectivity index is 1.35. The third-order valence-electron chi connectivity index (χ3n) is 5.29. The van der Waals surface area contributed by atoms with E-state index in [2.05, 4.69) is 20.3 Å². The number of hydrogen-bond acceptors (Lipinski definition) is 7. The van der Waals surface area contributed by atoms with Crippen LogP contribution in [0.5, 0.6) is 0 Å². The predicted octanol–water partition coefficient (Wildman–Crippen LogP) is 3.88. The summed E-state index contributed by atoms with van der Waals surface area (Å²) in [6, 6.07) is 8.31. The molecule has 9 nitrogen and oxygen atoms in total. The average molecular weight is 434 g/mol. The van der Waals surface area contributed by atoms with Gasteiger partial charge in [-0.15, -0.1) is 0 Å². The Morgan fingerprint density at radius 3 is 2.90 bits per heavy atom. The molecule has 0 unspecified atom stereocenters. The molecule has 1 fully saturated rings. The molecule has 31 heavy (non-hydrogen) atoms. The number of fused-ring (bicyclic) bond motifs is 1. The molecule has 1 aromatic carbocycles. The van der Waals surface area contributed by atoms with Gasteiger partial charge in [0.15, 0.2) is 4.96 Å². The molecule has 0 atom stereocenters. The van der Waals surface area contributed by atoms with E-state index >= 15 is 0 Å². The van der Waals surface area contributed by atoms with Gasteiger partial charge in [0.05, 0.1) is 22.9 Å². The van der Waals surface area contributed by atoms with Gasteiger partial charge in [0, 0.05) is 41.2 Å². The fourth-order valence-corrected chi connectivity index (χ4v) is 4.47. The fourth-order valence-electron chi connectivity index (χ4n) is 3.44. The number of nitro groups is 1. The summed E-state index contributed by atoms with van der Waals surface area (Å²) in [6.45, 7) is 2.19. The molecule has 0 bridgehead atoms. The van der Waals surface area contributed by atoms with Gasteiger partial charge in [0.1, 0.15) is 11.2 Å². The standard InChI is InChI=1S/C21H18N6O3S/c1-12-19(20(28)22-9-15-8-17(13-5-6-13)24-11-23-15)31-21-25-18(10-26(12)21)14-3-2-4-16(7-14)27(29)30/h2-4,7-8,10-11,13H,5-6,9H2,1H3,(H,22,28). The molecule has 1 amide bonds. The lowest BCUT2D eigenvalue weighted by atomic mass is 10.1. The summed E-state index contributed by atoms with van der Waals surface area (Å²) in [7, 11) is 0. The van der Waals surface area contributed by atoms with Gasteiger partial charge in [-0.3, -0.25) is 19.3 Å². The number of imidazole rings is 1. The number of non-ortho nitro benzene ring substituents is 1. The van der Waals surface area contributed by atoms with Crippen LogP contribution in [0, 0.1) is 17.0 Å². The highest BCUT2D eigenvalue weighted by Gasteiger charge is 2.25. The summed E-state index contributed by atoms with van der Waals surface area (Å²) >= 11 is 1.28. The lowest BCUT2D eigenvalue weighted by molar-refractivity contribution is -0.384. The molecule has 5 rings (SSSR count). The third kappa shape index (κ3) is 3.77. The summed E-state index contributed by atoms with van der Waals surface area (Å²) in [5.41, 5.74) is 3.89. The largest absolute Gasteiger partial charge is 0.346 e. The molecule has 0 aliphatic heterocycles. The van der Waals surface area contributed by atoms with E-state index in [1.165, 1.54) is 23.5 Å². The van der Waals surface area contributed by atoms with Gasteiger partial charge in [-0.1, -0.05) is 23.5 Å². The van der Waals surface area contributed by atoms with E-state index in [0.717, 1.165) is 29.9 Å². The molecule has 4 aromatic rings. The van der Waals surface area contributed by atoms with Crippen LogP contribution in [0.2, 0.25) is 0 Å². The summed E-state index contributed by atoms with van der Waals surface area (Å²) in [5.74, 6) is 0.349. The van der Waals surface area contributed by atoms with Crippen LogP contribution in [-0.4, -0.2) is 30.2 Å². The Bertz CT molecular complexity index is 1320. The molecule has 10 heteroatoms. The number of carbonyl (C=O) groups excluding carboxylic acids is 1. The molecule has 0 saturated heterocycles. The Morgan fingerprint density at radius 1 is 1.32 bits per heavy atom. The van der Waals surface area contributed by atoms with Gasteiger partial charge >= 0.3 is 0 Å². The number of thiazole rings is 1. The summed E-state index contributed by atoms with van der Waals surface area (Å²) in [4.78, 5) is 37.7. The van der Waals surface area contributed by atoms with Gasteiger partial charge in [0.2, 0.25) is 0 Å². The highest BCUT2D eigenvalue weighted by Crippen LogP contribution is 2.38. The van der Waals surface area contributed by atoms with Crippen molar-refractivity contribution in [2.45, 2.75) is 32.2 Å². The lowest BCUT2D eigenvalue weighted by Crippen LogP contribution is -2.23. The number of rotatable bonds is 6. The number of nitro benzene ring substituents is 1. The zero-order valence-corrected chi connectivity index (χ0v) is 17.4. The van der Waals surface area contributed by atoms with E-state index in [9.17, 15) is 14.9 Å². The Hall–Kier alpha value is -3.66. The van der Waals surface area contributed by atoms with E-state index in [4.69, 9.17) is 0 Å². The van der Waals surface area contributed by atoms with Crippen molar-refractivity contribution in [1.82, 2.24) is 24.7 Å². The molecule has 1 aliphatic rings. The normalized spacial score (nSPS) is 13.5. The van der Waals surface area contributed by atoms with Crippen molar-refractivity contribution in [3.05, 3.63) is 74.9 Å². The van der Waals surface area contributed by atoms with Crippen LogP contribution in [0.15, 0.2) is 42.9 Å². The minimum Gasteiger partial charge on any atom is -0.346 e. The van der Waals surface area contributed by atoms with E-state index in [1.807, 2.05) is 17.4 Å². The zero-order valence-electron chi connectivity index (χ0n) is 16.6. The van der Waals surface area contributed by atoms with E-state index in [1.54, 1.807) is 24.7 Å². The third-order valence-corrected chi connectivity index (χ3v) is 6.44. The predicted molar refractivity (Wildman–Crippen MR) is 115 cm³/mol. The zero-order chi connectivity index (χ0) is 21.5. The molecule has 0 radical (unpaired) electrons. The Labute approximate surface area is 181 Å². The Kier molecular flexibility index (Phi) is 4.70. The highest BCUT2D eigenvalue weighted by molar-refractivity contribution is 7.19. The summed E-state index contributed by atoms with van der Waals surface area (Å²) in [6.07, 6.45) is 5.67. The number of hydrogen-bond donors (Lipinski definition) is 1. The number of nitrogens with zero attached hydrogens (tertiary/aromatic N) is 5. The molecule has 3 aromatic heterocycles. The second-order valence-corrected chi connectivity index (χ2v) is 8.47. The Morgan fingerprint density at radius 2 is 2.16 bits per heavy atom. The smallest absolute Gasteiger partial charge is 0.270 e. The van der Waals surface area contributed by atoms with Crippen LogP contribution in [0.4, 0.5) is 5.69 Å². The van der Waals surface area contributed by atoms with Crippen molar-refractivity contribution >= 4 is 27.9 Å². The molecule has 156 valence electrons. The van der Waals surface area contributed by atoms with E-state index in [0.29, 0.717) is 33.6 Å². The van der Waals surface area contributed by atoms with Crippen LogP contribution in [0.1, 0.15) is 45.5 Å². The van der Waals surface area contributed by atoms with Crippen molar-refractivity contribution < 1.29 is 9.72 Å². The topological polar surface area (TPSA) is 115 Å². The molecule has 1 saturated carbocycles. The fraction of sp³-hybridized carbons (Fsp3) is 0.238. The molecule has 1 aliphatic carbocycles. The quantitative estimate of drug-likeness (QED) is 0.364. The number of carbonyl (C=O) groups is 1. The average Bonchev–Trinajstić information content (AvgIpc) is 3.48. The van der Waals surface area contributed by atoms with Gasteiger partial charge in [-0.25, -0.2) is 15.0 Å². The van der Waals surface area contributed by atoms with Crippen LogP contribution in [0.25, 0.3) is 16.2 Å². The minimum absolute atomic E-state index is 0.0141. The van der Waals surface area contributed by atoms with Crippen LogP contribution in [-0.2, 0) is 6.54 Å². The second kappa shape index (κ2) is 7.55. The molecular weight excluding hydrogens is 416 g/mol. The number of aromatic nitrogens is 4. The molecular formula is C21H18N6O3S. The second-order valence-electron chi connectivity index (χ2n) is 7.49. The SMILES string of the molecule is Cc1c(C(=O)NCc2cc(C3CC3)ncn2)sc2nc(-c3cccc([N+](=O)[O-])c3)cn12. The van der Waals surface area contributed by atoms with Crippen molar-refractivity contribution in [1.29, 1.82) is 0 Å². The minimum atomic E-state index is -0.430. The maximum atomic E-state index is 12.8. The van der Waals surface area contributed by atoms with Crippen LogP contribution in [0.3, 0.4) is 0 Å². The first kappa shape index (κ1) is 19.3. The van der Waals surface area contributed by atoms with Crippen molar-refractivity contribution in [3.63, 3.8) is 0 Å². The number of benzene rings is 1. The number of amides is 1. The molecule has 0 spiro atoms. The van der Waals surface area contributed by atoms with Gasteiger partial charge in [0.25, 0.3) is 11.6 Å². The van der Waals surface area contributed by atoms with Gasteiger partial charge in [-0.2, -0.15) is 0 Å². The number of aryl methyl sites for hydroxylation is 1. The molecule has 1 N–H and O–H groups in total. The first-order valence-electron chi connectivity index (χ1n) is 9.82. The lowest BCUT2D eigenvalue weighted by Gasteiger charge is -2.05. The maximum Gasteiger partial charge on any atom is 0.270 e. The van der Waals surface area contributed by atoms with Crippen LogP contribution < -0.4 is 5.32 Å². The summed E-state index contributed by atoms with van der Waals surface area (Å²) < 4.78 is 1.84. The van der Waals surface area contributed by atoms with E-state index in [-0.39, 0.29) is 11.6 Å². The number of nitrogens with one attached hydrogen (secondary N) is 1.